The van der Waals surface area contributed by atoms with Gasteiger partial charge in [0.25, 0.3) is 5.91 Å². The number of hydrogen-bond acceptors (Lipinski definition) is 5. The fourth-order valence-electron chi connectivity index (χ4n) is 1.94. The molecule has 0 atom stereocenters. The van der Waals surface area contributed by atoms with Gasteiger partial charge in [0.05, 0.1) is 6.20 Å². The molecule has 6 heteroatoms. The molecule has 0 radical (unpaired) electrons. The summed E-state index contributed by atoms with van der Waals surface area (Å²) in [6, 6.07) is 7.56. The van der Waals surface area contributed by atoms with Crippen molar-refractivity contribution in [3.05, 3.63) is 46.5 Å². The molecule has 0 spiro atoms. The van der Waals surface area contributed by atoms with E-state index in [0.717, 1.165) is 29.7 Å². The molecule has 0 bridgehead atoms. The van der Waals surface area contributed by atoms with Crippen molar-refractivity contribution in [3.63, 3.8) is 0 Å². The second-order valence-corrected chi connectivity index (χ2v) is 5.33. The second kappa shape index (κ2) is 6.38. The van der Waals surface area contributed by atoms with E-state index >= 15 is 0 Å². The number of carbonyl (C=O) groups excluding carboxylic acids is 1. The van der Waals surface area contributed by atoms with Gasteiger partial charge in [-0.3, -0.25) is 9.69 Å². The topological polar surface area (TPSA) is 62.6 Å². The Morgan fingerprint density at radius 3 is 2.80 bits per heavy atom. The maximum atomic E-state index is 12.5. The summed E-state index contributed by atoms with van der Waals surface area (Å²) in [7, 11) is 1.65. The standard InChI is InChI=1S/C14H15N3O2S/c1-3-6-10-7-4-5-8-11(10)13(18)17(2)14-15-9-12(16-19)20-14/h4-5,7-9H,3,6H2,1-2H3. The summed E-state index contributed by atoms with van der Waals surface area (Å²) in [4.78, 5) is 28.5. The zero-order valence-corrected chi connectivity index (χ0v) is 12.2. The van der Waals surface area contributed by atoms with E-state index in [2.05, 4.69) is 17.1 Å². The van der Waals surface area contributed by atoms with Gasteiger partial charge in [-0.15, -0.1) is 4.91 Å². The predicted octanol–water partition coefficient (Wildman–Crippen LogP) is 3.77. The van der Waals surface area contributed by atoms with Crippen LogP contribution < -0.4 is 4.90 Å². The largest absolute Gasteiger partial charge is 0.287 e. The summed E-state index contributed by atoms with van der Waals surface area (Å²) in [5.74, 6) is -0.124. The summed E-state index contributed by atoms with van der Waals surface area (Å²) >= 11 is 1.10. The average molecular weight is 289 g/mol. The number of benzene rings is 1. The molecule has 0 fully saturated rings. The second-order valence-electron chi connectivity index (χ2n) is 4.34. The lowest BCUT2D eigenvalue weighted by molar-refractivity contribution is 0.0992. The van der Waals surface area contributed by atoms with E-state index in [4.69, 9.17) is 0 Å². The molecule has 1 aromatic carbocycles. The van der Waals surface area contributed by atoms with E-state index in [9.17, 15) is 9.70 Å². The molecule has 0 unspecified atom stereocenters. The van der Waals surface area contributed by atoms with Gasteiger partial charge < -0.3 is 0 Å². The number of hydrogen-bond donors (Lipinski definition) is 0. The first kappa shape index (κ1) is 14.3. The minimum Gasteiger partial charge on any atom is -0.287 e. The number of carbonyl (C=O) groups is 1. The average Bonchev–Trinajstić information content (AvgIpc) is 2.95. The van der Waals surface area contributed by atoms with E-state index in [-0.39, 0.29) is 10.9 Å². The van der Waals surface area contributed by atoms with Gasteiger partial charge in [-0.2, -0.15) is 0 Å². The van der Waals surface area contributed by atoms with Gasteiger partial charge in [0.15, 0.2) is 10.1 Å². The molecule has 0 saturated heterocycles. The summed E-state index contributed by atoms with van der Waals surface area (Å²) in [5.41, 5.74) is 1.70. The van der Waals surface area contributed by atoms with E-state index in [1.165, 1.54) is 11.1 Å². The van der Waals surface area contributed by atoms with E-state index in [1.807, 2.05) is 24.3 Å². The Morgan fingerprint density at radius 1 is 1.40 bits per heavy atom. The fraction of sp³-hybridized carbons (Fsp3) is 0.286. The Bertz CT molecular complexity index is 624. The Hall–Kier alpha value is -2.08. The maximum Gasteiger partial charge on any atom is 0.260 e. The Morgan fingerprint density at radius 2 is 2.15 bits per heavy atom. The number of thiazole rings is 1. The van der Waals surface area contributed by atoms with Crippen LogP contribution in [0.15, 0.2) is 35.6 Å². The molecule has 0 N–H and O–H groups in total. The first-order valence-corrected chi connectivity index (χ1v) is 7.14. The van der Waals surface area contributed by atoms with Crippen molar-refractivity contribution in [2.45, 2.75) is 19.8 Å². The zero-order chi connectivity index (χ0) is 14.5. The van der Waals surface area contributed by atoms with Crippen molar-refractivity contribution in [2.75, 3.05) is 11.9 Å². The Kier molecular flexibility index (Phi) is 4.57. The minimum absolute atomic E-state index is 0.124. The van der Waals surface area contributed by atoms with Gasteiger partial charge in [0.1, 0.15) is 0 Å². The molecule has 0 aliphatic rings. The monoisotopic (exact) mass is 289 g/mol. The summed E-state index contributed by atoms with van der Waals surface area (Å²) in [6.45, 7) is 2.08. The number of aromatic nitrogens is 1. The van der Waals surface area contributed by atoms with Gasteiger partial charge in [0, 0.05) is 12.6 Å². The molecular weight excluding hydrogens is 274 g/mol. The van der Waals surface area contributed by atoms with Crippen LogP contribution in [0.2, 0.25) is 0 Å². The predicted molar refractivity (Wildman–Crippen MR) is 80.7 cm³/mol. The lowest BCUT2D eigenvalue weighted by atomic mass is 10.0. The smallest absolute Gasteiger partial charge is 0.260 e. The van der Waals surface area contributed by atoms with E-state index in [0.29, 0.717) is 10.7 Å². The third kappa shape index (κ3) is 2.91. The molecule has 2 aromatic rings. The number of rotatable bonds is 5. The molecule has 5 nitrogen and oxygen atoms in total. The lowest BCUT2D eigenvalue weighted by Crippen LogP contribution is -2.27. The Balaban J connectivity index is 2.28. The number of nitrogens with zero attached hydrogens (tertiary/aromatic N) is 3. The van der Waals surface area contributed by atoms with Gasteiger partial charge in [-0.05, 0) is 23.2 Å². The van der Waals surface area contributed by atoms with Crippen molar-refractivity contribution >= 4 is 27.4 Å². The molecule has 0 aliphatic carbocycles. The van der Waals surface area contributed by atoms with E-state index < -0.39 is 0 Å². The minimum atomic E-state index is -0.124. The van der Waals surface area contributed by atoms with Crippen LogP contribution >= 0.6 is 11.3 Å². The van der Waals surface area contributed by atoms with Gasteiger partial charge in [-0.1, -0.05) is 42.9 Å². The molecular formula is C14H15N3O2S. The first-order chi connectivity index (χ1) is 9.67. The lowest BCUT2D eigenvalue weighted by Gasteiger charge is -2.16. The molecule has 1 heterocycles. The van der Waals surface area contributed by atoms with Gasteiger partial charge in [-0.25, -0.2) is 4.98 Å². The summed E-state index contributed by atoms with van der Waals surface area (Å²) < 4.78 is 0. The van der Waals surface area contributed by atoms with Crippen LogP contribution in [0, 0.1) is 4.91 Å². The quantitative estimate of drug-likeness (QED) is 0.787. The van der Waals surface area contributed by atoms with E-state index in [1.54, 1.807) is 7.05 Å². The third-order valence-corrected chi connectivity index (χ3v) is 3.88. The van der Waals surface area contributed by atoms with Gasteiger partial charge >= 0.3 is 0 Å². The van der Waals surface area contributed by atoms with Crippen molar-refractivity contribution in [1.82, 2.24) is 4.98 Å². The van der Waals surface area contributed by atoms with Crippen LogP contribution in [0.5, 0.6) is 0 Å². The SMILES string of the molecule is CCCc1ccccc1C(=O)N(C)c1ncc(N=O)s1. The molecule has 0 aliphatic heterocycles. The maximum absolute atomic E-state index is 12.5. The van der Waals surface area contributed by atoms with Crippen LogP contribution in [-0.2, 0) is 6.42 Å². The summed E-state index contributed by atoms with van der Waals surface area (Å²) in [6.07, 6.45) is 3.20. The van der Waals surface area contributed by atoms with Gasteiger partial charge in [0.2, 0.25) is 0 Å². The molecule has 1 aromatic heterocycles. The normalized spacial score (nSPS) is 10.3. The Labute approximate surface area is 121 Å². The number of aryl methyl sites for hydroxylation is 1. The highest BCUT2D eigenvalue weighted by Gasteiger charge is 2.19. The third-order valence-electron chi connectivity index (χ3n) is 2.93. The van der Waals surface area contributed by atoms with Crippen LogP contribution in [0.25, 0.3) is 0 Å². The zero-order valence-electron chi connectivity index (χ0n) is 11.4. The number of amides is 1. The highest BCUT2D eigenvalue weighted by Crippen LogP contribution is 2.29. The molecule has 104 valence electrons. The van der Waals surface area contributed by atoms with Crippen LogP contribution in [0.1, 0.15) is 29.3 Å². The highest BCUT2D eigenvalue weighted by molar-refractivity contribution is 7.19. The molecule has 0 saturated carbocycles. The number of nitroso groups, excluding NO2 is 1. The van der Waals surface area contributed by atoms with Crippen LogP contribution in [-0.4, -0.2) is 17.9 Å². The first-order valence-electron chi connectivity index (χ1n) is 6.32. The van der Waals surface area contributed by atoms with Crippen molar-refractivity contribution in [3.8, 4) is 0 Å². The number of anilines is 1. The molecule has 2 rings (SSSR count). The highest BCUT2D eigenvalue weighted by atomic mass is 32.1. The van der Waals surface area contributed by atoms with Crippen molar-refractivity contribution in [1.29, 1.82) is 0 Å². The van der Waals surface area contributed by atoms with Crippen molar-refractivity contribution in [2.24, 2.45) is 5.18 Å². The molecule has 20 heavy (non-hydrogen) atoms. The van der Waals surface area contributed by atoms with Crippen molar-refractivity contribution < 1.29 is 4.79 Å². The summed E-state index contributed by atoms with van der Waals surface area (Å²) in [5, 5.41) is 3.55. The van der Waals surface area contributed by atoms with Crippen LogP contribution in [0.4, 0.5) is 10.1 Å². The molecule has 1 amide bonds. The fourth-order valence-corrected chi connectivity index (χ4v) is 2.59. The van der Waals surface area contributed by atoms with Crippen LogP contribution in [0.3, 0.4) is 0 Å².